The fourth-order valence-electron chi connectivity index (χ4n) is 1.12. The Labute approximate surface area is 81.0 Å². The molecular formula is C11H20O2. The van der Waals surface area contributed by atoms with E-state index in [0.717, 1.165) is 6.42 Å². The van der Waals surface area contributed by atoms with E-state index in [2.05, 4.69) is 20.4 Å². The van der Waals surface area contributed by atoms with Gasteiger partial charge in [0.2, 0.25) is 0 Å². The van der Waals surface area contributed by atoms with Crippen LogP contribution in [0.15, 0.2) is 12.7 Å². The number of ether oxygens (including phenoxy) is 1. The Bertz CT molecular complexity index is 152. The number of rotatable bonds is 7. The van der Waals surface area contributed by atoms with Crippen LogP contribution in [0.3, 0.4) is 0 Å². The summed E-state index contributed by atoms with van der Waals surface area (Å²) < 4.78 is 4.88. The minimum atomic E-state index is -0.317. The first-order valence-corrected chi connectivity index (χ1v) is 4.99. The molecule has 0 aromatic rings. The maximum atomic E-state index is 10.7. The zero-order valence-electron chi connectivity index (χ0n) is 8.71. The van der Waals surface area contributed by atoms with Crippen molar-refractivity contribution < 1.29 is 9.53 Å². The number of carbonyl (C=O) groups excluding carboxylic acids is 1. The second kappa shape index (κ2) is 7.84. The van der Waals surface area contributed by atoms with Gasteiger partial charge in [0, 0.05) is 6.08 Å². The molecule has 0 aliphatic rings. The normalized spacial score (nSPS) is 12.2. The molecule has 0 fully saturated rings. The van der Waals surface area contributed by atoms with Gasteiger partial charge in [-0.05, 0) is 12.3 Å². The smallest absolute Gasteiger partial charge is 0.330 e. The van der Waals surface area contributed by atoms with Gasteiger partial charge in [-0.15, -0.1) is 0 Å². The topological polar surface area (TPSA) is 26.3 Å². The standard InChI is InChI=1S/C11H20O2/c1-4-6-7-10(3)8-9-13-11(12)5-2/h5,10H,2,4,6-9H2,1,3H3. The lowest BCUT2D eigenvalue weighted by Crippen LogP contribution is -2.06. The summed E-state index contributed by atoms with van der Waals surface area (Å²) in [6.45, 7) is 8.23. The molecule has 0 aliphatic heterocycles. The molecule has 0 saturated heterocycles. The highest BCUT2D eigenvalue weighted by Crippen LogP contribution is 2.11. The van der Waals surface area contributed by atoms with Crippen LogP contribution in [-0.2, 0) is 9.53 Å². The molecule has 0 spiro atoms. The summed E-state index contributed by atoms with van der Waals surface area (Å²) in [5.41, 5.74) is 0. The Balaban J connectivity index is 3.30. The molecule has 0 saturated carbocycles. The summed E-state index contributed by atoms with van der Waals surface area (Å²) in [5, 5.41) is 0. The van der Waals surface area contributed by atoms with Crippen molar-refractivity contribution in [3.63, 3.8) is 0 Å². The van der Waals surface area contributed by atoms with Gasteiger partial charge in [-0.3, -0.25) is 0 Å². The molecule has 1 unspecified atom stereocenters. The lowest BCUT2D eigenvalue weighted by Gasteiger charge is -2.09. The number of carbonyl (C=O) groups is 1. The van der Waals surface area contributed by atoms with Crippen LogP contribution >= 0.6 is 0 Å². The van der Waals surface area contributed by atoms with E-state index in [0.29, 0.717) is 12.5 Å². The molecule has 0 aromatic heterocycles. The zero-order chi connectivity index (χ0) is 10.1. The second-order valence-electron chi connectivity index (χ2n) is 3.41. The Morgan fingerprint density at radius 2 is 2.23 bits per heavy atom. The molecule has 0 radical (unpaired) electrons. The van der Waals surface area contributed by atoms with Crippen LogP contribution in [0.25, 0.3) is 0 Å². The van der Waals surface area contributed by atoms with Gasteiger partial charge in [-0.25, -0.2) is 4.79 Å². The predicted molar refractivity (Wildman–Crippen MR) is 54.5 cm³/mol. The van der Waals surface area contributed by atoms with Crippen molar-refractivity contribution in [2.45, 2.75) is 39.5 Å². The van der Waals surface area contributed by atoms with Gasteiger partial charge < -0.3 is 4.74 Å². The number of esters is 1. The molecule has 2 nitrogen and oxygen atoms in total. The van der Waals surface area contributed by atoms with E-state index >= 15 is 0 Å². The Morgan fingerprint density at radius 1 is 1.54 bits per heavy atom. The fourth-order valence-corrected chi connectivity index (χ4v) is 1.12. The molecule has 0 bridgehead atoms. The Kier molecular flexibility index (Phi) is 7.36. The lowest BCUT2D eigenvalue weighted by atomic mass is 10.0. The highest BCUT2D eigenvalue weighted by Gasteiger charge is 2.02. The van der Waals surface area contributed by atoms with Gasteiger partial charge in [-0.2, -0.15) is 0 Å². The third kappa shape index (κ3) is 7.57. The van der Waals surface area contributed by atoms with Crippen molar-refractivity contribution in [2.75, 3.05) is 6.61 Å². The maximum absolute atomic E-state index is 10.7. The lowest BCUT2D eigenvalue weighted by molar-refractivity contribution is -0.138. The monoisotopic (exact) mass is 184 g/mol. The highest BCUT2D eigenvalue weighted by atomic mass is 16.5. The number of hydrogen-bond donors (Lipinski definition) is 0. The van der Waals surface area contributed by atoms with Crippen molar-refractivity contribution in [3.05, 3.63) is 12.7 Å². The van der Waals surface area contributed by atoms with Crippen LogP contribution in [0, 0.1) is 5.92 Å². The summed E-state index contributed by atoms with van der Waals surface area (Å²) in [5.74, 6) is 0.334. The average Bonchev–Trinajstić information content (AvgIpc) is 2.14. The van der Waals surface area contributed by atoms with E-state index in [1.165, 1.54) is 25.3 Å². The third-order valence-corrected chi connectivity index (χ3v) is 2.07. The van der Waals surface area contributed by atoms with Gasteiger partial charge in [0.25, 0.3) is 0 Å². The van der Waals surface area contributed by atoms with Crippen molar-refractivity contribution >= 4 is 5.97 Å². The van der Waals surface area contributed by atoms with E-state index in [1.54, 1.807) is 0 Å². The van der Waals surface area contributed by atoms with Crippen molar-refractivity contribution in [1.29, 1.82) is 0 Å². The van der Waals surface area contributed by atoms with E-state index in [4.69, 9.17) is 4.74 Å². The first kappa shape index (κ1) is 12.2. The SMILES string of the molecule is C=CC(=O)OCCC(C)CCCC. The summed E-state index contributed by atoms with van der Waals surface area (Å²) in [6.07, 6.45) is 5.88. The van der Waals surface area contributed by atoms with E-state index in [1.807, 2.05) is 0 Å². The summed E-state index contributed by atoms with van der Waals surface area (Å²) in [6, 6.07) is 0. The predicted octanol–water partition coefficient (Wildman–Crippen LogP) is 2.93. The van der Waals surface area contributed by atoms with Crippen molar-refractivity contribution in [2.24, 2.45) is 5.92 Å². The first-order valence-electron chi connectivity index (χ1n) is 4.99. The summed E-state index contributed by atoms with van der Waals surface area (Å²) in [7, 11) is 0. The van der Waals surface area contributed by atoms with Gasteiger partial charge >= 0.3 is 5.97 Å². The quantitative estimate of drug-likeness (QED) is 0.449. The van der Waals surface area contributed by atoms with E-state index in [9.17, 15) is 4.79 Å². The molecule has 0 rings (SSSR count). The van der Waals surface area contributed by atoms with Crippen molar-refractivity contribution in [1.82, 2.24) is 0 Å². The maximum Gasteiger partial charge on any atom is 0.330 e. The molecule has 2 heteroatoms. The summed E-state index contributed by atoms with van der Waals surface area (Å²) >= 11 is 0. The highest BCUT2D eigenvalue weighted by molar-refractivity contribution is 5.81. The molecule has 0 N–H and O–H groups in total. The van der Waals surface area contributed by atoms with Crippen LogP contribution in [-0.4, -0.2) is 12.6 Å². The molecule has 1 atom stereocenters. The van der Waals surface area contributed by atoms with Crippen LogP contribution in [0.5, 0.6) is 0 Å². The largest absolute Gasteiger partial charge is 0.463 e. The number of unbranched alkanes of at least 4 members (excludes halogenated alkanes) is 1. The minimum Gasteiger partial charge on any atom is -0.463 e. The molecule has 0 amide bonds. The Morgan fingerprint density at radius 3 is 2.77 bits per heavy atom. The van der Waals surface area contributed by atoms with Gasteiger partial charge in [0.15, 0.2) is 0 Å². The van der Waals surface area contributed by atoms with Crippen LogP contribution in [0.1, 0.15) is 39.5 Å². The minimum absolute atomic E-state index is 0.317. The van der Waals surface area contributed by atoms with E-state index in [-0.39, 0.29) is 5.97 Å². The van der Waals surface area contributed by atoms with Gasteiger partial charge in [0.1, 0.15) is 0 Å². The molecule has 0 aliphatic carbocycles. The molecule has 76 valence electrons. The Hall–Kier alpha value is -0.790. The van der Waals surface area contributed by atoms with Crippen molar-refractivity contribution in [3.8, 4) is 0 Å². The first-order chi connectivity index (χ1) is 6.20. The zero-order valence-corrected chi connectivity index (χ0v) is 8.71. The van der Waals surface area contributed by atoms with Crippen LogP contribution in [0.4, 0.5) is 0 Å². The molecule has 0 heterocycles. The summed E-state index contributed by atoms with van der Waals surface area (Å²) in [4.78, 5) is 10.7. The average molecular weight is 184 g/mol. The van der Waals surface area contributed by atoms with E-state index < -0.39 is 0 Å². The second-order valence-corrected chi connectivity index (χ2v) is 3.41. The third-order valence-electron chi connectivity index (χ3n) is 2.07. The fraction of sp³-hybridized carbons (Fsp3) is 0.727. The van der Waals surface area contributed by atoms with Gasteiger partial charge in [-0.1, -0.05) is 39.7 Å². The molecular weight excluding hydrogens is 164 g/mol. The van der Waals surface area contributed by atoms with Gasteiger partial charge in [0.05, 0.1) is 6.61 Å². The molecule has 13 heavy (non-hydrogen) atoms. The van der Waals surface area contributed by atoms with Crippen LogP contribution in [0.2, 0.25) is 0 Å². The molecule has 0 aromatic carbocycles. The van der Waals surface area contributed by atoms with Crippen LogP contribution < -0.4 is 0 Å². The number of hydrogen-bond acceptors (Lipinski definition) is 2.